The van der Waals surface area contributed by atoms with Gasteiger partial charge in [-0.15, -0.1) is 11.3 Å². The standard InChI is InChI=1S/C18H21N3O3S/c1-19-10-13-3-2-6-21(13)18(22)14-11-25-17(20-14)12-4-5-15-16(9-12)24-8-7-23-15/h4-5,9,11,13,19H,2-3,6-8,10H2,1H3. The van der Waals surface area contributed by atoms with Gasteiger partial charge in [0.25, 0.3) is 5.91 Å². The highest BCUT2D eigenvalue weighted by atomic mass is 32.1. The van der Waals surface area contributed by atoms with E-state index in [0.717, 1.165) is 48.0 Å². The van der Waals surface area contributed by atoms with Crippen LogP contribution >= 0.6 is 11.3 Å². The Bertz CT molecular complexity index is 777. The molecule has 2 aliphatic heterocycles. The Hall–Kier alpha value is -2.12. The minimum absolute atomic E-state index is 0.0257. The minimum Gasteiger partial charge on any atom is -0.486 e. The lowest BCUT2D eigenvalue weighted by molar-refractivity contribution is 0.0732. The van der Waals surface area contributed by atoms with Crippen LogP contribution in [-0.2, 0) is 0 Å². The van der Waals surface area contributed by atoms with E-state index in [4.69, 9.17) is 9.47 Å². The van der Waals surface area contributed by atoms with Crippen molar-refractivity contribution in [2.24, 2.45) is 0 Å². The summed E-state index contributed by atoms with van der Waals surface area (Å²) in [6.07, 6.45) is 2.10. The fourth-order valence-electron chi connectivity index (χ4n) is 3.38. The van der Waals surface area contributed by atoms with Crippen molar-refractivity contribution < 1.29 is 14.3 Å². The van der Waals surface area contributed by atoms with E-state index in [2.05, 4.69) is 10.3 Å². The number of nitrogens with zero attached hydrogens (tertiary/aromatic N) is 2. The molecule has 6 nitrogen and oxygen atoms in total. The van der Waals surface area contributed by atoms with E-state index in [0.29, 0.717) is 18.9 Å². The van der Waals surface area contributed by atoms with Crippen LogP contribution in [-0.4, -0.2) is 55.2 Å². The van der Waals surface area contributed by atoms with Gasteiger partial charge in [0.2, 0.25) is 0 Å². The number of aromatic nitrogens is 1. The summed E-state index contributed by atoms with van der Waals surface area (Å²) in [4.78, 5) is 19.3. The second kappa shape index (κ2) is 7.01. The smallest absolute Gasteiger partial charge is 0.273 e. The molecule has 1 saturated heterocycles. The van der Waals surface area contributed by atoms with Gasteiger partial charge in [-0.3, -0.25) is 4.79 Å². The van der Waals surface area contributed by atoms with Crippen molar-refractivity contribution in [2.45, 2.75) is 18.9 Å². The molecule has 2 aliphatic rings. The molecule has 4 rings (SSSR count). The van der Waals surface area contributed by atoms with Crippen LogP contribution in [0.2, 0.25) is 0 Å². The highest BCUT2D eigenvalue weighted by molar-refractivity contribution is 7.13. The molecular weight excluding hydrogens is 338 g/mol. The normalized spacial score (nSPS) is 19.2. The van der Waals surface area contributed by atoms with Crippen LogP contribution in [0.4, 0.5) is 0 Å². The van der Waals surface area contributed by atoms with Crippen molar-refractivity contribution >= 4 is 17.2 Å². The summed E-state index contributed by atoms with van der Waals surface area (Å²) >= 11 is 1.48. The monoisotopic (exact) mass is 359 g/mol. The number of fused-ring (bicyclic) bond motifs is 1. The Balaban J connectivity index is 1.55. The number of ether oxygens (including phenoxy) is 2. The zero-order chi connectivity index (χ0) is 17.2. The van der Waals surface area contributed by atoms with Crippen molar-refractivity contribution in [2.75, 3.05) is 33.4 Å². The molecule has 0 aliphatic carbocycles. The number of hydrogen-bond acceptors (Lipinski definition) is 6. The number of amides is 1. The number of hydrogen-bond donors (Lipinski definition) is 1. The molecule has 1 atom stereocenters. The first-order chi connectivity index (χ1) is 12.3. The number of likely N-dealkylation sites (tertiary alicyclic amines) is 1. The van der Waals surface area contributed by atoms with Crippen LogP contribution in [0.15, 0.2) is 23.6 Å². The predicted octanol–water partition coefficient (Wildman–Crippen LogP) is 2.41. The summed E-state index contributed by atoms with van der Waals surface area (Å²) < 4.78 is 11.2. The Morgan fingerprint density at radius 2 is 2.20 bits per heavy atom. The van der Waals surface area contributed by atoms with Crippen LogP contribution in [0.25, 0.3) is 10.6 Å². The van der Waals surface area contributed by atoms with E-state index in [1.165, 1.54) is 11.3 Å². The molecule has 1 N–H and O–H groups in total. The first kappa shape index (κ1) is 16.4. The van der Waals surface area contributed by atoms with Crippen LogP contribution in [0, 0.1) is 0 Å². The second-order valence-electron chi connectivity index (χ2n) is 6.25. The van der Waals surface area contributed by atoms with Gasteiger partial charge in [-0.2, -0.15) is 0 Å². The number of rotatable bonds is 4. The average molecular weight is 359 g/mol. The summed E-state index contributed by atoms with van der Waals surface area (Å²) in [6, 6.07) is 6.05. The van der Waals surface area contributed by atoms with Crippen molar-refractivity contribution in [3.05, 3.63) is 29.3 Å². The average Bonchev–Trinajstić information content (AvgIpc) is 3.31. The van der Waals surface area contributed by atoms with Gasteiger partial charge in [-0.05, 0) is 38.1 Å². The zero-order valence-electron chi connectivity index (χ0n) is 14.2. The number of carbonyl (C=O) groups is 1. The Kier molecular flexibility index (Phi) is 4.59. The number of nitrogens with one attached hydrogen (secondary N) is 1. The van der Waals surface area contributed by atoms with Gasteiger partial charge in [0, 0.05) is 30.1 Å². The highest BCUT2D eigenvalue weighted by Crippen LogP contribution is 2.35. The van der Waals surface area contributed by atoms with Gasteiger partial charge in [0.1, 0.15) is 23.9 Å². The molecule has 1 amide bonds. The third-order valence-corrected chi connectivity index (χ3v) is 5.48. The number of carbonyl (C=O) groups excluding carboxylic acids is 1. The topological polar surface area (TPSA) is 63.7 Å². The van der Waals surface area contributed by atoms with Crippen molar-refractivity contribution in [1.82, 2.24) is 15.2 Å². The molecule has 0 saturated carbocycles. The van der Waals surface area contributed by atoms with E-state index >= 15 is 0 Å². The Morgan fingerprint density at radius 1 is 1.36 bits per heavy atom. The minimum atomic E-state index is 0.0257. The summed E-state index contributed by atoms with van der Waals surface area (Å²) in [7, 11) is 1.92. The number of benzene rings is 1. The van der Waals surface area contributed by atoms with E-state index in [-0.39, 0.29) is 11.9 Å². The Morgan fingerprint density at radius 3 is 3.04 bits per heavy atom. The summed E-state index contributed by atoms with van der Waals surface area (Å²) in [5.74, 6) is 1.52. The molecule has 0 bridgehead atoms. The molecule has 1 fully saturated rings. The maximum Gasteiger partial charge on any atom is 0.273 e. The van der Waals surface area contributed by atoms with Crippen molar-refractivity contribution in [3.8, 4) is 22.1 Å². The van der Waals surface area contributed by atoms with Crippen LogP contribution in [0.5, 0.6) is 11.5 Å². The van der Waals surface area contributed by atoms with E-state index in [1.54, 1.807) is 0 Å². The zero-order valence-corrected chi connectivity index (χ0v) is 15.0. The first-order valence-electron chi connectivity index (χ1n) is 8.57. The van der Waals surface area contributed by atoms with Gasteiger partial charge in [0.15, 0.2) is 11.5 Å². The molecule has 1 aromatic heterocycles. The van der Waals surface area contributed by atoms with Crippen molar-refractivity contribution in [3.63, 3.8) is 0 Å². The largest absolute Gasteiger partial charge is 0.486 e. The molecule has 1 aromatic carbocycles. The maximum atomic E-state index is 12.8. The Labute approximate surface area is 150 Å². The molecule has 2 aromatic rings. The molecular formula is C18H21N3O3S. The predicted molar refractivity (Wildman–Crippen MR) is 96.5 cm³/mol. The van der Waals surface area contributed by atoms with Gasteiger partial charge >= 0.3 is 0 Å². The fraction of sp³-hybridized carbons (Fsp3) is 0.444. The SMILES string of the molecule is CNCC1CCCN1C(=O)c1csc(-c2ccc3c(c2)OCCO3)n1. The molecule has 3 heterocycles. The van der Waals surface area contributed by atoms with Gasteiger partial charge in [0.05, 0.1) is 0 Å². The molecule has 7 heteroatoms. The molecule has 1 unspecified atom stereocenters. The summed E-state index contributed by atoms with van der Waals surface area (Å²) in [6.45, 7) is 2.76. The van der Waals surface area contributed by atoms with Gasteiger partial charge in [-0.1, -0.05) is 0 Å². The number of thiazole rings is 1. The molecule has 25 heavy (non-hydrogen) atoms. The third-order valence-electron chi connectivity index (χ3n) is 4.59. The maximum absolute atomic E-state index is 12.8. The second-order valence-corrected chi connectivity index (χ2v) is 7.11. The lowest BCUT2D eigenvalue weighted by Crippen LogP contribution is -2.40. The van der Waals surface area contributed by atoms with Crippen LogP contribution in [0.1, 0.15) is 23.3 Å². The van der Waals surface area contributed by atoms with Crippen molar-refractivity contribution in [1.29, 1.82) is 0 Å². The fourth-order valence-corrected chi connectivity index (χ4v) is 4.17. The van der Waals surface area contributed by atoms with Gasteiger partial charge in [-0.25, -0.2) is 4.98 Å². The lowest BCUT2D eigenvalue weighted by Gasteiger charge is -2.23. The number of likely N-dealkylation sites (N-methyl/N-ethyl adjacent to an activating group) is 1. The lowest BCUT2D eigenvalue weighted by atomic mass is 10.2. The summed E-state index contributed by atoms with van der Waals surface area (Å²) in [5, 5.41) is 5.84. The third kappa shape index (κ3) is 3.21. The van der Waals surface area contributed by atoms with E-state index < -0.39 is 0 Å². The first-order valence-corrected chi connectivity index (χ1v) is 9.45. The van der Waals surface area contributed by atoms with E-state index in [1.807, 2.05) is 35.5 Å². The van der Waals surface area contributed by atoms with E-state index in [9.17, 15) is 4.79 Å². The highest BCUT2D eigenvalue weighted by Gasteiger charge is 2.30. The summed E-state index contributed by atoms with van der Waals surface area (Å²) in [5.41, 5.74) is 1.47. The van der Waals surface area contributed by atoms with Crippen LogP contribution < -0.4 is 14.8 Å². The molecule has 0 radical (unpaired) electrons. The molecule has 0 spiro atoms. The quantitative estimate of drug-likeness (QED) is 0.908. The van der Waals surface area contributed by atoms with Crippen LogP contribution in [0.3, 0.4) is 0 Å². The molecule has 132 valence electrons. The van der Waals surface area contributed by atoms with Gasteiger partial charge < -0.3 is 19.7 Å².